The Bertz CT molecular complexity index is 512. The van der Waals surface area contributed by atoms with Gasteiger partial charge in [0.15, 0.2) is 0 Å². The molecule has 18 heavy (non-hydrogen) atoms. The summed E-state index contributed by atoms with van der Waals surface area (Å²) in [6.45, 7) is 3.07. The van der Waals surface area contributed by atoms with Gasteiger partial charge in [0, 0.05) is 20.9 Å². The minimum Gasteiger partial charge on any atom is -0.310 e. The fourth-order valence-electron chi connectivity index (χ4n) is 1.96. The smallest absolute Gasteiger partial charge is 0.0438 e. The number of thiophene rings is 1. The van der Waals surface area contributed by atoms with E-state index in [1.807, 2.05) is 18.2 Å². The van der Waals surface area contributed by atoms with Gasteiger partial charge in [-0.25, -0.2) is 0 Å². The van der Waals surface area contributed by atoms with E-state index in [9.17, 15) is 0 Å². The molecule has 4 heteroatoms. The van der Waals surface area contributed by atoms with E-state index < -0.39 is 0 Å². The molecule has 1 unspecified atom stereocenters. The lowest BCUT2D eigenvalue weighted by Gasteiger charge is -2.18. The van der Waals surface area contributed by atoms with E-state index in [4.69, 9.17) is 11.6 Å². The maximum absolute atomic E-state index is 6.23. The standard InChI is InChI=1S/C14H15BrClNS/c1-2-17-14(11-8-18-9-12(11)15)7-10-5-3-4-6-13(10)16/h3-6,8-9,14,17H,2,7H2,1H3. The van der Waals surface area contributed by atoms with Crippen molar-refractivity contribution in [3.63, 3.8) is 0 Å². The Labute approximate surface area is 125 Å². The molecule has 0 aliphatic heterocycles. The lowest BCUT2D eigenvalue weighted by atomic mass is 10.0. The number of likely N-dealkylation sites (N-methyl/N-ethyl adjacent to an activating group) is 1. The molecule has 0 aliphatic carbocycles. The van der Waals surface area contributed by atoms with Crippen molar-refractivity contribution in [2.24, 2.45) is 0 Å². The van der Waals surface area contributed by atoms with Crippen LogP contribution < -0.4 is 5.32 Å². The zero-order valence-corrected chi connectivity index (χ0v) is 13.3. The predicted molar refractivity (Wildman–Crippen MR) is 83.6 cm³/mol. The fourth-order valence-corrected chi connectivity index (χ4v) is 3.80. The second-order valence-corrected chi connectivity index (χ2v) is 6.09. The fraction of sp³-hybridized carbons (Fsp3) is 0.286. The Morgan fingerprint density at radius 3 is 2.72 bits per heavy atom. The number of halogens is 2. The molecule has 1 aromatic heterocycles. The number of benzene rings is 1. The van der Waals surface area contributed by atoms with E-state index in [0.717, 1.165) is 18.0 Å². The van der Waals surface area contributed by atoms with E-state index in [1.165, 1.54) is 15.6 Å². The molecule has 0 aliphatic rings. The molecule has 2 rings (SSSR count). The summed E-state index contributed by atoms with van der Waals surface area (Å²) >= 11 is 11.6. The van der Waals surface area contributed by atoms with Crippen LogP contribution in [0.1, 0.15) is 24.1 Å². The molecular formula is C14H15BrClNS. The van der Waals surface area contributed by atoms with Gasteiger partial charge in [0.25, 0.3) is 0 Å². The molecule has 0 fully saturated rings. The van der Waals surface area contributed by atoms with Gasteiger partial charge in [0.2, 0.25) is 0 Å². The van der Waals surface area contributed by atoms with Crippen molar-refractivity contribution in [3.8, 4) is 0 Å². The summed E-state index contributed by atoms with van der Waals surface area (Å²) < 4.78 is 1.17. The molecule has 96 valence electrons. The van der Waals surface area contributed by atoms with E-state index in [-0.39, 0.29) is 0 Å². The highest BCUT2D eigenvalue weighted by Gasteiger charge is 2.16. The molecule has 0 amide bonds. The molecule has 1 N–H and O–H groups in total. The molecule has 2 aromatic rings. The number of hydrogen-bond donors (Lipinski definition) is 1. The van der Waals surface area contributed by atoms with E-state index in [2.05, 4.69) is 45.0 Å². The van der Waals surface area contributed by atoms with Crippen molar-refractivity contribution in [1.29, 1.82) is 0 Å². The van der Waals surface area contributed by atoms with Gasteiger partial charge in [0.1, 0.15) is 0 Å². The maximum atomic E-state index is 6.23. The van der Waals surface area contributed by atoms with E-state index in [0.29, 0.717) is 6.04 Å². The molecule has 1 atom stereocenters. The first-order chi connectivity index (χ1) is 8.72. The van der Waals surface area contributed by atoms with Crippen molar-refractivity contribution in [1.82, 2.24) is 5.32 Å². The van der Waals surface area contributed by atoms with Crippen molar-refractivity contribution in [2.45, 2.75) is 19.4 Å². The first kappa shape index (κ1) is 14.1. The summed E-state index contributed by atoms with van der Waals surface area (Å²) in [5.74, 6) is 0. The summed E-state index contributed by atoms with van der Waals surface area (Å²) in [5.41, 5.74) is 2.49. The number of nitrogens with one attached hydrogen (secondary N) is 1. The summed E-state index contributed by atoms with van der Waals surface area (Å²) in [7, 11) is 0. The zero-order valence-electron chi connectivity index (χ0n) is 10.1. The second kappa shape index (κ2) is 6.71. The summed E-state index contributed by atoms with van der Waals surface area (Å²) in [4.78, 5) is 0. The van der Waals surface area contributed by atoms with Crippen LogP contribution in [0.5, 0.6) is 0 Å². The molecular weight excluding hydrogens is 330 g/mol. The number of hydrogen-bond acceptors (Lipinski definition) is 2. The first-order valence-electron chi connectivity index (χ1n) is 5.90. The van der Waals surface area contributed by atoms with E-state index in [1.54, 1.807) is 11.3 Å². The van der Waals surface area contributed by atoms with Crippen LogP contribution in [-0.4, -0.2) is 6.54 Å². The van der Waals surface area contributed by atoms with Crippen LogP contribution in [0.4, 0.5) is 0 Å². The molecule has 1 heterocycles. The topological polar surface area (TPSA) is 12.0 Å². The van der Waals surface area contributed by atoms with Crippen molar-refractivity contribution < 1.29 is 0 Å². The summed E-state index contributed by atoms with van der Waals surface area (Å²) in [6, 6.07) is 8.34. The van der Waals surface area contributed by atoms with Crippen LogP contribution in [0.2, 0.25) is 5.02 Å². The van der Waals surface area contributed by atoms with Gasteiger partial charge in [-0.1, -0.05) is 36.7 Å². The Morgan fingerprint density at radius 2 is 2.11 bits per heavy atom. The summed E-state index contributed by atoms with van der Waals surface area (Å²) in [6.07, 6.45) is 0.906. The van der Waals surface area contributed by atoms with Gasteiger partial charge >= 0.3 is 0 Å². The van der Waals surface area contributed by atoms with Gasteiger partial charge in [-0.3, -0.25) is 0 Å². The molecule has 0 saturated heterocycles. The predicted octanol–water partition coefficient (Wildman–Crippen LogP) is 5.06. The average molecular weight is 345 g/mol. The lowest BCUT2D eigenvalue weighted by Crippen LogP contribution is -2.22. The van der Waals surface area contributed by atoms with Gasteiger partial charge in [-0.2, -0.15) is 11.3 Å². The van der Waals surface area contributed by atoms with Gasteiger partial charge in [-0.15, -0.1) is 0 Å². The van der Waals surface area contributed by atoms with Crippen LogP contribution in [-0.2, 0) is 6.42 Å². The second-order valence-electron chi connectivity index (χ2n) is 4.08. The van der Waals surface area contributed by atoms with Crippen LogP contribution in [0.3, 0.4) is 0 Å². The third-order valence-corrected chi connectivity index (χ3v) is 4.97. The molecule has 1 aromatic carbocycles. The third kappa shape index (κ3) is 3.35. The highest BCUT2D eigenvalue weighted by molar-refractivity contribution is 9.10. The van der Waals surface area contributed by atoms with Gasteiger partial charge in [-0.05, 0) is 51.5 Å². The Kier molecular flexibility index (Phi) is 5.25. The average Bonchev–Trinajstić information content (AvgIpc) is 2.78. The molecule has 0 spiro atoms. The van der Waals surface area contributed by atoms with Crippen molar-refractivity contribution in [3.05, 3.63) is 55.6 Å². The quantitative estimate of drug-likeness (QED) is 0.799. The largest absolute Gasteiger partial charge is 0.310 e. The molecule has 1 nitrogen and oxygen atoms in total. The van der Waals surface area contributed by atoms with Crippen molar-refractivity contribution in [2.75, 3.05) is 6.54 Å². The Hall–Kier alpha value is -0.350. The monoisotopic (exact) mass is 343 g/mol. The van der Waals surface area contributed by atoms with Crippen LogP contribution in [0, 0.1) is 0 Å². The minimum absolute atomic E-state index is 0.301. The highest BCUT2D eigenvalue weighted by Crippen LogP contribution is 2.30. The normalized spacial score (nSPS) is 12.6. The van der Waals surface area contributed by atoms with Crippen LogP contribution >= 0.6 is 38.9 Å². The molecule has 0 bridgehead atoms. The first-order valence-corrected chi connectivity index (χ1v) is 8.02. The molecule has 0 radical (unpaired) electrons. The van der Waals surface area contributed by atoms with E-state index >= 15 is 0 Å². The minimum atomic E-state index is 0.301. The van der Waals surface area contributed by atoms with Crippen LogP contribution in [0.15, 0.2) is 39.5 Å². The van der Waals surface area contributed by atoms with Crippen LogP contribution in [0.25, 0.3) is 0 Å². The molecule has 0 saturated carbocycles. The summed E-state index contributed by atoms with van der Waals surface area (Å²) in [5, 5.41) is 8.67. The third-order valence-electron chi connectivity index (χ3n) is 2.85. The Morgan fingerprint density at radius 1 is 1.33 bits per heavy atom. The SMILES string of the molecule is CCNC(Cc1ccccc1Cl)c1cscc1Br. The van der Waals surface area contributed by atoms with Crippen molar-refractivity contribution >= 4 is 38.9 Å². The Balaban J connectivity index is 2.22. The maximum Gasteiger partial charge on any atom is 0.0438 e. The van der Waals surface area contributed by atoms with Gasteiger partial charge < -0.3 is 5.32 Å². The highest BCUT2D eigenvalue weighted by atomic mass is 79.9. The number of rotatable bonds is 5. The van der Waals surface area contributed by atoms with Gasteiger partial charge in [0.05, 0.1) is 0 Å². The lowest BCUT2D eigenvalue weighted by molar-refractivity contribution is 0.549. The zero-order chi connectivity index (χ0) is 13.0.